The van der Waals surface area contributed by atoms with Crippen molar-refractivity contribution in [1.82, 2.24) is 4.67 Å². The Morgan fingerprint density at radius 2 is 1.50 bits per heavy atom. The zero-order chi connectivity index (χ0) is 6.41. The highest BCUT2D eigenvalue weighted by Gasteiger charge is 1.92. The van der Waals surface area contributed by atoms with Crippen LogP contribution in [0.1, 0.15) is 0 Å². The lowest BCUT2D eigenvalue weighted by Gasteiger charge is -2.11. The van der Waals surface area contributed by atoms with Crippen LogP contribution < -0.4 is 0 Å². The van der Waals surface area contributed by atoms with Crippen molar-refractivity contribution in [2.24, 2.45) is 0 Å². The van der Waals surface area contributed by atoms with Gasteiger partial charge in [-0.25, -0.2) is 0 Å². The quantitative estimate of drug-likeness (QED) is 0.492. The number of nitrogens with zero attached hydrogens (tertiary/aromatic N) is 1. The minimum Gasteiger partial charge on any atom is -0.395 e. The molecule has 0 aromatic carbocycles. The van der Waals surface area contributed by atoms with Crippen LogP contribution in [0.3, 0.4) is 0 Å². The van der Waals surface area contributed by atoms with Crippen LogP contribution in [-0.4, -0.2) is 41.2 Å². The van der Waals surface area contributed by atoms with Crippen molar-refractivity contribution in [2.45, 2.75) is 0 Å². The summed E-state index contributed by atoms with van der Waals surface area (Å²) < 4.78 is 1.78. The lowest BCUT2D eigenvalue weighted by atomic mass is 10.6. The molecule has 0 bridgehead atoms. The summed E-state index contributed by atoms with van der Waals surface area (Å²) in [4.78, 5) is 0. The number of rotatable bonds is 4. The van der Waals surface area contributed by atoms with Gasteiger partial charge in [-0.05, 0) is 0 Å². The first-order valence-corrected chi connectivity index (χ1v) is 3.04. The van der Waals surface area contributed by atoms with Crippen LogP contribution in [0.15, 0.2) is 0 Å². The van der Waals surface area contributed by atoms with Gasteiger partial charge in [-0.15, -0.1) is 0 Å². The highest BCUT2D eigenvalue weighted by atomic mass is 31.0. The van der Waals surface area contributed by atoms with Gasteiger partial charge in [-0.2, -0.15) is 0 Å². The van der Waals surface area contributed by atoms with E-state index in [0.717, 1.165) is 0 Å². The number of aliphatic hydroxyl groups excluding tert-OH is 2. The van der Waals surface area contributed by atoms with Crippen LogP contribution in [0.2, 0.25) is 0 Å². The van der Waals surface area contributed by atoms with Crippen LogP contribution >= 0.6 is 9.39 Å². The van der Waals surface area contributed by atoms with Gasteiger partial charge in [0.2, 0.25) is 0 Å². The van der Waals surface area contributed by atoms with Gasteiger partial charge in [0, 0.05) is 13.1 Å². The third-order valence-corrected chi connectivity index (χ3v) is 1.29. The first kappa shape index (κ1) is 8.31. The molecule has 2 N–H and O–H groups in total. The minimum absolute atomic E-state index is 0.142. The summed E-state index contributed by atoms with van der Waals surface area (Å²) in [6, 6.07) is 0. The summed E-state index contributed by atoms with van der Waals surface area (Å²) in [6.45, 7) is 1.49. The Hall–Kier alpha value is 0.310. The monoisotopic (exact) mass is 137 g/mol. The summed E-state index contributed by atoms with van der Waals surface area (Å²) in [5.74, 6) is 0. The maximum Gasteiger partial charge on any atom is 0.0561 e. The Balaban J connectivity index is 2.92. The summed E-state index contributed by atoms with van der Waals surface area (Å²) in [5, 5.41) is 16.7. The number of hydrogen-bond acceptors (Lipinski definition) is 3. The molecule has 0 rings (SSSR count). The van der Waals surface area contributed by atoms with Crippen LogP contribution in [0.4, 0.5) is 0 Å². The van der Waals surface area contributed by atoms with E-state index < -0.39 is 0 Å². The zero-order valence-electron chi connectivity index (χ0n) is 4.75. The zero-order valence-corrected chi connectivity index (χ0v) is 5.90. The van der Waals surface area contributed by atoms with Gasteiger partial charge in [0.25, 0.3) is 0 Å². The Kier molecular flexibility index (Phi) is 5.66. The maximum absolute atomic E-state index is 8.33. The molecular formula is C4H12NO2P. The standard InChI is InChI=1S/C4H12NO2P/c6-3-1-5(8)2-4-7/h6-7H,1-4,8H2. The molecule has 0 heterocycles. The molecule has 0 fully saturated rings. The molecular weight excluding hydrogens is 125 g/mol. The predicted molar refractivity (Wildman–Crippen MR) is 35.5 cm³/mol. The van der Waals surface area contributed by atoms with E-state index in [2.05, 4.69) is 9.39 Å². The second-order valence-corrected chi connectivity index (χ2v) is 2.21. The van der Waals surface area contributed by atoms with Crippen molar-refractivity contribution in [3.8, 4) is 0 Å². The fourth-order valence-electron chi connectivity index (χ4n) is 0.369. The molecule has 50 valence electrons. The van der Waals surface area contributed by atoms with Crippen LogP contribution in [0, 0.1) is 0 Å². The van der Waals surface area contributed by atoms with Crippen molar-refractivity contribution in [2.75, 3.05) is 26.3 Å². The molecule has 1 unspecified atom stereocenters. The number of aliphatic hydroxyl groups is 2. The van der Waals surface area contributed by atoms with E-state index in [-0.39, 0.29) is 13.2 Å². The summed E-state index contributed by atoms with van der Waals surface area (Å²) >= 11 is 0. The smallest absolute Gasteiger partial charge is 0.0561 e. The van der Waals surface area contributed by atoms with E-state index in [4.69, 9.17) is 10.2 Å². The Labute approximate surface area is 51.6 Å². The fraction of sp³-hybridized carbons (Fsp3) is 1.00. The van der Waals surface area contributed by atoms with Gasteiger partial charge in [0.05, 0.1) is 13.2 Å². The van der Waals surface area contributed by atoms with E-state index in [9.17, 15) is 0 Å². The molecule has 0 aliphatic carbocycles. The normalized spacial score (nSPS) is 10.5. The van der Waals surface area contributed by atoms with Crippen molar-refractivity contribution in [1.29, 1.82) is 0 Å². The Morgan fingerprint density at radius 3 is 1.75 bits per heavy atom. The summed E-state index contributed by atoms with van der Waals surface area (Å²) in [5.41, 5.74) is 0. The first-order chi connectivity index (χ1) is 3.81. The third kappa shape index (κ3) is 4.47. The molecule has 0 aliphatic rings. The molecule has 0 aromatic heterocycles. The average molecular weight is 137 g/mol. The third-order valence-electron chi connectivity index (χ3n) is 0.774. The molecule has 0 amide bonds. The molecule has 1 atom stereocenters. The van der Waals surface area contributed by atoms with E-state index >= 15 is 0 Å². The predicted octanol–water partition coefficient (Wildman–Crippen LogP) is -0.937. The molecule has 3 nitrogen and oxygen atoms in total. The first-order valence-electron chi connectivity index (χ1n) is 2.52. The molecule has 0 radical (unpaired) electrons. The topological polar surface area (TPSA) is 43.7 Å². The van der Waals surface area contributed by atoms with Crippen molar-refractivity contribution < 1.29 is 10.2 Å². The van der Waals surface area contributed by atoms with Gasteiger partial charge in [0.1, 0.15) is 0 Å². The van der Waals surface area contributed by atoms with E-state index in [1.54, 1.807) is 4.67 Å². The van der Waals surface area contributed by atoms with Gasteiger partial charge in [-0.3, -0.25) is 4.67 Å². The lowest BCUT2D eigenvalue weighted by molar-refractivity contribution is 0.225. The average Bonchev–Trinajstić information content (AvgIpc) is 1.68. The molecule has 0 spiro atoms. The molecule has 0 aromatic rings. The van der Waals surface area contributed by atoms with Crippen LogP contribution in [0.25, 0.3) is 0 Å². The summed E-state index contributed by atoms with van der Waals surface area (Å²) in [7, 11) is 2.41. The maximum atomic E-state index is 8.33. The van der Waals surface area contributed by atoms with Gasteiger partial charge >= 0.3 is 0 Å². The van der Waals surface area contributed by atoms with E-state index in [0.29, 0.717) is 13.1 Å². The van der Waals surface area contributed by atoms with Crippen molar-refractivity contribution in [3.05, 3.63) is 0 Å². The molecule has 0 saturated carbocycles. The van der Waals surface area contributed by atoms with Gasteiger partial charge in [-0.1, -0.05) is 9.39 Å². The van der Waals surface area contributed by atoms with Crippen molar-refractivity contribution >= 4 is 9.39 Å². The Bertz CT molecular complexity index is 47.3. The minimum atomic E-state index is 0.142. The van der Waals surface area contributed by atoms with Gasteiger partial charge < -0.3 is 10.2 Å². The molecule has 4 heteroatoms. The highest BCUT2D eigenvalue weighted by Crippen LogP contribution is 1.93. The molecule has 0 saturated heterocycles. The van der Waals surface area contributed by atoms with E-state index in [1.165, 1.54) is 0 Å². The Morgan fingerprint density at radius 1 is 1.12 bits per heavy atom. The SMILES string of the molecule is OCCN(P)CCO. The molecule has 0 aliphatic heterocycles. The van der Waals surface area contributed by atoms with E-state index in [1.807, 2.05) is 0 Å². The largest absolute Gasteiger partial charge is 0.395 e. The van der Waals surface area contributed by atoms with Crippen molar-refractivity contribution in [3.63, 3.8) is 0 Å². The summed E-state index contributed by atoms with van der Waals surface area (Å²) in [6.07, 6.45) is 0. The lowest BCUT2D eigenvalue weighted by Crippen LogP contribution is -2.19. The highest BCUT2D eigenvalue weighted by molar-refractivity contribution is 7.13. The van der Waals surface area contributed by atoms with Crippen LogP contribution in [-0.2, 0) is 0 Å². The van der Waals surface area contributed by atoms with Gasteiger partial charge in [0.15, 0.2) is 0 Å². The molecule has 8 heavy (non-hydrogen) atoms. The second kappa shape index (κ2) is 5.45. The van der Waals surface area contributed by atoms with Crippen LogP contribution in [0.5, 0.6) is 0 Å². The second-order valence-electron chi connectivity index (χ2n) is 1.48. The number of hydrogen-bond donors (Lipinski definition) is 2. The fourth-order valence-corrected chi connectivity index (χ4v) is 0.600.